The van der Waals surface area contributed by atoms with Crippen LogP contribution in [-0.2, 0) is 18.6 Å². The van der Waals surface area contributed by atoms with Crippen LogP contribution in [0.5, 0.6) is 0 Å². The summed E-state index contributed by atoms with van der Waals surface area (Å²) in [5, 5.41) is 4.41. The summed E-state index contributed by atoms with van der Waals surface area (Å²) in [6.07, 6.45) is 2.54. The minimum atomic E-state index is 0. The van der Waals surface area contributed by atoms with E-state index < -0.39 is 0 Å². The van der Waals surface area contributed by atoms with Gasteiger partial charge in [0.05, 0.1) is 0 Å². The molecule has 1 nitrogen and oxygen atoms in total. The van der Waals surface area contributed by atoms with Gasteiger partial charge in [-0.25, -0.2) is 0 Å². The fourth-order valence-electron chi connectivity index (χ4n) is 0.757. The summed E-state index contributed by atoms with van der Waals surface area (Å²) in [6.45, 7) is 13.8. The summed E-state index contributed by atoms with van der Waals surface area (Å²) < 4.78 is 0. The summed E-state index contributed by atoms with van der Waals surface area (Å²) in [4.78, 5) is 0. The molecule has 1 atom stereocenters. The molecular formula is C11H26NV-. The van der Waals surface area contributed by atoms with E-state index in [-0.39, 0.29) is 18.6 Å². The molecule has 1 unspecified atom stereocenters. The third-order valence-electron chi connectivity index (χ3n) is 1.81. The van der Waals surface area contributed by atoms with Gasteiger partial charge in [0.2, 0.25) is 0 Å². The van der Waals surface area contributed by atoms with Crippen LogP contribution in [0.3, 0.4) is 0 Å². The van der Waals surface area contributed by atoms with Crippen LogP contribution in [0.15, 0.2) is 0 Å². The average Bonchev–Trinajstić information content (AvgIpc) is 2.07. The molecule has 0 saturated heterocycles. The minimum Gasteiger partial charge on any atom is -0.660 e. The maximum Gasteiger partial charge on any atom is 0 e. The molecule has 0 amide bonds. The Balaban J connectivity index is -0.000000309. The Morgan fingerprint density at radius 2 is 1.54 bits per heavy atom. The van der Waals surface area contributed by atoms with Gasteiger partial charge in [0.15, 0.2) is 0 Å². The fraction of sp³-hybridized carbons (Fsp3) is 1.00. The summed E-state index contributed by atoms with van der Waals surface area (Å²) in [5.74, 6) is 0.850. The van der Waals surface area contributed by atoms with Crippen LogP contribution in [0.4, 0.5) is 0 Å². The van der Waals surface area contributed by atoms with E-state index >= 15 is 0 Å². The summed E-state index contributed by atoms with van der Waals surface area (Å²) in [7, 11) is 0. The van der Waals surface area contributed by atoms with Crippen LogP contribution in [0, 0.1) is 5.92 Å². The molecule has 0 aliphatic carbocycles. The Bertz CT molecular complexity index is 74.5. The van der Waals surface area contributed by atoms with Gasteiger partial charge >= 0.3 is 0 Å². The molecule has 0 bridgehead atoms. The molecule has 1 radical (unpaired) electrons. The van der Waals surface area contributed by atoms with Crippen molar-refractivity contribution in [2.45, 2.75) is 60.4 Å². The molecule has 81 valence electrons. The first kappa shape index (κ1) is 19.2. The summed E-state index contributed by atoms with van der Waals surface area (Å²) >= 11 is 0. The van der Waals surface area contributed by atoms with Gasteiger partial charge in [-0.1, -0.05) is 54.4 Å². The van der Waals surface area contributed by atoms with E-state index in [0.717, 1.165) is 12.5 Å². The molecule has 0 aliphatic heterocycles. The zero-order valence-electron chi connectivity index (χ0n) is 10.2. The van der Waals surface area contributed by atoms with E-state index in [1.807, 2.05) is 13.8 Å². The quantitative estimate of drug-likeness (QED) is 0.662. The Morgan fingerprint density at radius 1 is 1.08 bits per heavy atom. The predicted molar refractivity (Wildman–Crippen MR) is 58.8 cm³/mol. The first-order valence-corrected chi connectivity index (χ1v) is 5.33. The average molecular weight is 223 g/mol. The van der Waals surface area contributed by atoms with E-state index in [4.69, 9.17) is 0 Å². The van der Waals surface area contributed by atoms with Crippen LogP contribution in [0.2, 0.25) is 0 Å². The summed E-state index contributed by atoms with van der Waals surface area (Å²) in [5.41, 5.74) is 0. The van der Waals surface area contributed by atoms with Crippen LogP contribution in [0.25, 0.3) is 5.32 Å². The third-order valence-corrected chi connectivity index (χ3v) is 1.81. The van der Waals surface area contributed by atoms with Gasteiger partial charge in [0.25, 0.3) is 0 Å². The van der Waals surface area contributed by atoms with Crippen LogP contribution in [0.1, 0.15) is 54.4 Å². The maximum atomic E-state index is 4.41. The minimum absolute atomic E-state index is 0. The molecule has 0 saturated carbocycles. The van der Waals surface area contributed by atoms with E-state index in [2.05, 4.69) is 33.0 Å². The molecule has 13 heavy (non-hydrogen) atoms. The van der Waals surface area contributed by atoms with Crippen LogP contribution < -0.4 is 0 Å². The number of rotatable bonds is 5. The van der Waals surface area contributed by atoms with Gasteiger partial charge in [-0.2, -0.15) is 0 Å². The maximum absolute atomic E-state index is 4.41. The molecule has 0 fully saturated rings. The van der Waals surface area contributed by atoms with Crippen LogP contribution in [-0.4, -0.2) is 12.6 Å². The number of hydrogen-bond donors (Lipinski definition) is 0. The van der Waals surface area contributed by atoms with Crippen molar-refractivity contribution in [1.29, 1.82) is 0 Å². The molecule has 0 rings (SSSR count). The zero-order chi connectivity index (χ0) is 9.98. The van der Waals surface area contributed by atoms with Crippen molar-refractivity contribution in [3.05, 3.63) is 5.32 Å². The van der Waals surface area contributed by atoms with Gasteiger partial charge in [-0.05, 0) is 5.92 Å². The van der Waals surface area contributed by atoms with Crippen molar-refractivity contribution >= 4 is 0 Å². The predicted octanol–water partition coefficient (Wildman–Crippen LogP) is 4.23. The molecular weight excluding hydrogens is 197 g/mol. The Kier molecular flexibility index (Phi) is 22.2. The van der Waals surface area contributed by atoms with Crippen molar-refractivity contribution in [2.24, 2.45) is 5.92 Å². The Labute approximate surface area is 97.0 Å². The largest absolute Gasteiger partial charge is 0.660 e. The third kappa shape index (κ3) is 19.1. The second-order valence-corrected chi connectivity index (χ2v) is 3.30. The van der Waals surface area contributed by atoms with Crippen LogP contribution >= 0.6 is 0 Å². The molecule has 2 heteroatoms. The zero-order valence-corrected chi connectivity index (χ0v) is 11.6. The standard InChI is InChI=1S/C9H20N.C2H6.V/c1-5-9(4)6-7-10-8(2)3;1-2;/h8-9H,5-7H2,1-4H3;1-2H3;/q-1;;. The summed E-state index contributed by atoms with van der Waals surface area (Å²) in [6, 6.07) is 0.518. The molecule has 0 N–H and O–H groups in total. The van der Waals surface area contributed by atoms with Crippen molar-refractivity contribution in [2.75, 3.05) is 6.54 Å². The SMILES string of the molecule is CC.CCC(C)CC[N-]C(C)C.[V]. The second kappa shape index (κ2) is 15.0. The van der Waals surface area contributed by atoms with Gasteiger partial charge in [0.1, 0.15) is 0 Å². The molecule has 0 aromatic heterocycles. The molecule has 0 aromatic carbocycles. The second-order valence-electron chi connectivity index (χ2n) is 3.30. The first-order chi connectivity index (χ1) is 5.66. The molecule has 0 heterocycles. The van der Waals surface area contributed by atoms with E-state index in [0.29, 0.717) is 6.04 Å². The molecule has 0 aromatic rings. The number of hydrogen-bond acceptors (Lipinski definition) is 0. The van der Waals surface area contributed by atoms with Crippen molar-refractivity contribution < 1.29 is 18.6 Å². The topological polar surface area (TPSA) is 14.1 Å². The smallest absolute Gasteiger partial charge is 0 e. The van der Waals surface area contributed by atoms with Gasteiger partial charge in [-0.3, -0.25) is 0 Å². The van der Waals surface area contributed by atoms with E-state index in [1.165, 1.54) is 12.8 Å². The number of nitrogens with zero attached hydrogens (tertiary/aromatic N) is 1. The van der Waals surface area contributed by atoms with Gasteiger partial charge < -0.3 is 5.32 Å². The van der Waals surface area contributed by atoms with E-state index in [1.54, 1.807) is 0 Å². The fourth-order valence-corrected chi connectivity index (χ4v) is 0.757. The Hall–Kier alpha value is 0.544. The van der Waals surface area contributed by atoms with Crippen molar-refractivity contribution in [3.8, 4) is 0 Å². The van der Waals surface area contributed by atoms with E-state index in [9.17, 15) is 0 Å². The van der Waals surface area contributed by atoms with Crippen molar-refractivity contribution in [3.63, 3.8) is 0 Å². The molecule has 0 aliphatic rings. The van der Waals surface area contributed by atoms with Crippen molar-refractivity contribution in [1.82, 2.24) is 0 Å². The normalized spacial score (nSPS) is 11.3. The Morgan fingerprint density at radius 3 is 1.85 bits per heavy atom. The van der Waals surface area contributed by atoms with Gasteiger partial charge in [0, 0.05) is 18.6 Å². The van der Waals surface area contributed by atoms with Gasteiger partial charge in [-0.15, -0.1) is 12.6 Å². The first-order valence-electron chi connectivity index (χ1n) is 5.33. The molecule has 0 spiro atoms. The monoisotopic (exact) mass is 223 g/mol.